The summed E-state index contributed by atoms with van der Waals surface area (Å²) in [4.78, 5) is 9.39. The van der Waals surface area contributed by atoms with Crippen LogP contribution in [-0.2, 0) is 6.54 Å². The highest BCUT2D eigenvalue weighted by molar-refractivity contribution is 4.95. The van der Waals surface area contributed by atoms with Crippen molar-refractivity contribution < 1.29 is 4.52 Å². The van der Waals surface area contributed by atoms with Crippen LogP contribution < -0.4 is 5.32 Å². The molecule has 0 radical (unpaired) electrons. The van der Waals surface area contributed by atoms with Crippen LogP contribution in [0.15, 0.2) is 4.52 Å². The Morgan fingerprint density at radius 1 is 1.32 bits per heavy atom. The fourth-order valence-electron chi connectivity index (χ4n) is 2.71. The van der Waals surface area contributed by atoms with Gasteiger partial charge in [-0.2, -0.15) is 4.98 Å². The van der Waals surface area contributed by atoms with Gasteiger partial charge in [0.05, 0.1) is 6.54 Å². The molecule has 0 saturated carbocycles. The minimum absolute atomic E-state index is 0.336. The number of hydrogen-bond donors (Lipinski definition) is 1. The lowest BCUT2D eigenvalue weighted by Crippen LogP contribution is -2.62. The van der Waals surface area contributed by atoms with Crippen LogP contribution in [0.1, 0.15) is 31.5 Å². The van der Waals surface area contributed by atoms with E-state index in [1.54, 1.807) is 0 Å². The number of hydrogen-bond acceptors (Lipinski definition) is 6. The van der Waals surface area contributed by atoms with Crippen LogP contribution in [0.5, 0.6) is 0 Å². The van der Waals surface area contributed by atoms with E-state index in [0.717, 1.165) is 50.5 Å². The van der Waals surface area contributed by atoms with Crippen LogP contribution in [0.4, 0.5) is 0 Å². The second kappa shape index (κ2) is 5.56. The standard InChI is InChI=1S/C13H23N5O/c1-10(2)13-15-12(19-16-13)9-17-7-11(8-17)18-5-3-14-4-6-18/h10-11,14H,3-9H2,1-2H3. The van der Waals surface area contributed by atoms with Crippen molar-refractivity contribution in [1.29, 1.82) is 0 Å². The first-order chi connectivity index (χ1) is 9.22. The molecule has 19 heavy (non-hydrogen) atoms. The number of aromatic nitrogens is 2. The van der Waals surface area contributed by atoms with E-state index < -0.39 is 0 Å². The quantitative estimate of drug-likeness (QED) is 0.844. The Kier molecular flexibility index (Phi) is 3.81. The average molecular weight is 265 g/mol. The lowest BCUT2D eigenvalue weighted by molar-refractivity contribution is 0.0165. The largest absolute Gasteiger partial charge is 0.338 e. The monoisotopic (exact) mass is 265 g/mol. The van der Waals surface area contributed by atoms with Crippen LogP contribution in [0, 0.1) is 0 Å². The lowest BCUT2D eigenvalue weighted by atomic mass is 10.1. The summed E-state index contributed by atoms with van der Waals surface area (Å²) in [7, 11) is 0. The summed E-state index contributed by atoms with van der Waals surface area (Å²) in [6.45, 7) is 11.8. The zero-order valence-corrected chi connectivity index (χ0v) is 11.8. The van der Waals surface area contributed by atoms with Crippen molar-refractivity contribution in [3.05, 3.63) is 11.7 Å². The van der Waals surface area contributed by atoms with Crippen LogP contribution in [0.3, 0.4) is 0 Å². The van der Waals surface area contributed by atoms with Gasteiger partial charge in [0.25, 0.3) is 0 Å². The molecule has 2 aliphatic heterocycles. The van der Waals surface area contributed by atoms with Crippen molar-refractivity contribution in [2.45, 2.75) is 32.4 Å². The highest BCUT2D eigenvalue weighted by Crippen LogP contribution is 2.18. The molecule has 0 amide bonds. The van der Waals surface area contributed by atoms with Gasteiger partial charge in [0.2, 0.25) is 5.89 Å². The summed E-state index contributed by atoms with van der Waals surface area (Å²) in [5.74, 6) is 1.90. The molecule has 6 heteroatoms. The number of piperazine rings is 1. The summed E-state index contributed by atoms with van der Waals surface area (Å²) < 4.78 is 5.29. The molecule has 1 aromatic heterocycles. The predicted octanol–water partition coefficient (Wildman–Crippen LogP) is 0.282. The molecular weight excluding hydrogens is 242 g/mol. The van der Waals surface area contributed by atoms with E-state index in [1.165, 1.54) is 13.1 Å². The molecule has 0 aromatic carbocycles. The molecule has 6 nitrogen and oxygen atoms in total. The number of likely N-dealkylation sites (tertiary alicyclic amines) is 1. The predicted molar refractivity (Wildman–Crippen MR) is 71.9 cm³/mol. The van der Waals surface area contributed by atoms with Gasteiger partial charge in [-0.15, -0.1) is 0 Å². The summed E-state index contributed by atoms with van der Waals surface area (Å²) in [5, 5.41) is 7.40. The van der Waals surface area contributed by atoms with Gasteiger partial charge in [-0.05, 0) is 0 Å². The third-order valence-corrected chi connectivity index (χ3v) is 3.96. The Hall–Kier alpha value is -0.980. The van der Waals surface area contributed by atoms with Gasteiger partial charge < -0.3 is 9.84 Å². The van der Waals surface area contributed by atoms with E-state index in [4.69, 9.17) is 4.52 Å². The highest BCUT2D eigenvalue weighted by Gasteiger charge is 2.33. The Morgan fingerprint density at radius 3 is 2.68 bits per heavy atom. The average Bonchev–Trinajstić information content (AvgIpc) is 2.83. The molecule has 3 heterocycles. The number of nitrogens with zero attached hydrogens (tertiary/aromatic N) is 4. The van der Waals surface area contributed by atoms with E-state index in [2.05, 4.69) is 39.1 Å². The third kappa shape index (κ3) is 2.96. The van der Waals surface area contributed by atoms with Crippen molar-refractivity contribution >= 4 is 0 Å². The van der Waals surface area contributed by atoms with Gasteiger partial charge in [-0.1, -0.05) is 19.0 Å². The second-order valence-corrected chi connectivity index (χ2v) is 5.83. The summed E-state index contributed by atoms with van der Waals surface area (Å²) >= 11 is 0. The van der Waals surface area contributed by atoms with E-state index in [1.807, 2.05) is 0 Å². The molecule has 0 bridgehead atoms. The minimum Gasteiger partial charge on any atom is -0.338 e. The normalized spacial score (nSPS) is 22.9. The van der Waals surface area contributed by atoms with Gasteiger partial charge in [0.1, 0.15) is 0 Å². The molecule has 2 aliphatic rings. The van der Waals surface area contributed by atoms with E-state index >= 15 is 0 Å². The Balaban J connectivity index is 1.45. The molecular formula is C13H23N5O. The van der Waals surface area contributed by atoms with Crippen LogP contribution in [-0.4, -0.2) is 65.3 Å². The number of rotatable bonds is 4. The Labute approximate surface area is 114 Å². The first kappa shape index (κ1) is 13.0. The SMILES string of the molecule is CC(C)c1noc(CN2CC(N3CCNCC3)C2)n1. The van der Waals surface area contributed by atoms with Crippen LogP contribution in [0.2, 0.25) is 0 Å². The first-order valence-corrected chi connectivity index (χ1v) is 7.22. The van der Waals surface area contributed by atoms with E-state index in [0.29, 0.717) is 5.92 Å². The van der Waals surface area contributed by atoms with Gasteiger partial charge in [0.15, 0.2) is 5.82 Å². The summed E-state index contributed by atoms with van der Waals surface area (Å²) in [6.07, 6.45) is 0. The maximum Gasteiger partial charge on any atom is 0.240 e. The topological polar surface area (TPSA) is 57.4 Å². The van der Waals surface area contributed by atoms with Gasteiger partial charge in [-0.25, -0.2) is 0 Å². The zero-order valence-electron chi connectivity index (χ0n) is 11.8. The molecule has 0 atom stereocenters. The van der Waals surface area contributed by atoms with Crippen LogP contribution in [0.25, 0.3) is 0 Å². The molecule has 106 valence electrons. The molecule has 0 aliphatic carbocycles. The minimum atomic E-state index is 0.336. The van der Waals surface area contributed by atoms with E-state index in [-0.39, 0.29) is 0 Å². The van der Waals surface area contributed by atoms with Gasteiger partial charge in [0, 0.05) is 51.2 Å². The van der Waals surface area contributed by atoms with Crippen molar-refractivity contribution in [3.8, 4) is 0 Å². The molecule has 3 rings (SSSR count). The molecule has 2 saturated heterocycles. The Bertz CT molecular complexity index is 407. The fourth-order valence-corrected chi connectivity index (χ4v) is 2.71. The molecule has 0 spiro atoms. The highest BCUT2D eigenvalue weighted by atomic mass is 16.5. The van der Waals surface area contributed by atoms with Crippen molar-refractivity contribution in [2.24, 2.45) is 0 Å². The van der Waals surface area contributed by atoms with Crippen molar-refractivity contribution in [3.63, 3.8) is 0 Å². The molecule has 0 unspecified atom stereocenters. The smallest absolute Gasteiger partial charge is 0.240 e. The summed E-state index contributed by atoms with van der Waals surface area (Å²) in [6, 6.07) is 0.717. The molecule has 1 aromatic rings. The van der Waals surface area contributed by atoms with Crippen molar-refractivity contribution in [1.82, 2.24) is 25.3 Å². The van der Waals surface area contributed by atoms with Gasteiger partial charge >= 0.3 is 0 Å². The molecule has 2 fully saturated rings. The van der Waals surface area contributed by atoms with Crippen LogP contribution >= 0.6 is 0 Å². The van der Waals surface area contributed by atoms with Gasteiger partial charge in [-0.3, -0.25) is 9.80 Å². The van der Waals surface area contributed by atoms with Crippen molar-refractivity contribution in [2.75, 3.05) is 39.3 Å². The zero-order chi connectivity index (χ0) is 13.2. The first-order valence-electron chi connectivity index (χ1n) is 7.22. The lowest BCUT2D eigenvalue weighted by Gasteiger charge is -2.46. The maximum absolute atomic E-state index is 5.29. The number of nitrogens with one attached hydrogen (secondary N) is 1. The Morgan fingerprint density at radius 2 is 2.05 bits per heavy atom. The third-order valence-electron chi connectivity index (χ3n) is 3.96. The second-order valence-electron chi connectivity index (χ2n) is 5.83. The van der Waals surface area contributed by atoms with E-state index in [9.17, 15) is 0 Å². The fraction of sp³-hybridized carbons (Fsp3) is 0.846. The summed E-state index contributed by atoms with van der Waals surface area (Å²) in [5.41, 5.74) is 0. The maximum atomic E-state index is 5.29. The molecule has 1 N–H and O–H groups in total.